The summed E-state index contributed by atoms with van der Waals surface area (Å²) in [6.07, 6.45) is -8.04. The van der Waals surface area contributed by atoms with Crippen molar-refractivity contribution in [2.75, 3.05) is 6.61 Å². The Bertz CT molecular complexity index is 272. The van der Waals surface area contributed by atoms with Crippen LogP contribution >= 0.6 is 7.82 Å². The molecule has 18 heavy (non-hydrogen) atoms. The van der Waals surface area contributed by atoms with Crippen LogP contribution in [0.1, 0.15) is 0 Å². The maximum atomic E-state index is 10.0. The summed E-state index contributed by atoms with van der Waals surface area (Å²) in [4.78, 5) is 30.0. The molecule has 0 radical (unpaired) electrons. The van der Waals surface area contributed by atoms with Crippen molar-refractivity contribution in [1.82, 2.24) is 0 Å². The second kappa shape index (κ2) is 11.3. The molecule has 0 aliphatic heterocycles. The number of aliphatic hydroxyl groups excluding tert-OH is 4. The average Bonchev–Trinajstić information content (AvgIpc) is 2.21. The van der Waals surface area contributed by atoms with Gasteiger partial charge in [0.15, 0.2) is 6.29 Å². The van der Waals surface area contributed by atoms with E-state index in [2.05, 4.69) is 4.52 Å². The summed E-state index contributed by atoms with van der Waals surface area (Å²) in [5, 5.41) is 35.9. The van der Waals surface area contributed by atoms with Gasteiger partial charge < -0.3 is 44.1 Å². The van der Waals surface area contributed by atoms with Crippen molar-refractivity contribution < 1.29 is 103 Å². The smallest absolute Gasteiger partial charge is 0.790 e. The van der Waals surface area contributed by atoms with Crippen molar-refractivity contribution >= 4 is 14.1 Å². The summed E-state index contributed by atoms with van der Waals surface area (Å²) in [7, 11) is -5.30. The molecule has 0 saturated heterocycles. The Kier molecular flexibility index (Phi) is 15.5. The predicted molar refractivity (Wildman–Crippen MR) is 43.6 cm³/mol. The van der Waals surface area contributed by atoms with Crippen molar-refractivity contribution in [3.8, 4) is 0 Å². The van der Waals surface area contributed by atoms with Crippen molar-refractivity contribution in [3.63, 3.8) is 0 Å². The van der Waals surface area contributed by atoms with E-state index < -0.39 is 38.8 Å². The molecular weight excluding hydrogens is 293 g/mol. The first-order chi connectivity index (χ1) is 7.19. The monoisotopic (exact) mass is 304 g/mol. The number of aliphatic hydroxyl groups is 4. The van der Waals surface area contributed by atoms with Gasteiger partial charge in [-0.2, -0.15) is 0 Å². The maximum Gasteiger partial charge on any atom is 1.00 e. The zero-order chi connectivity index (χ0) is 12.9. The second-order valence-corrected chi connectivity index (χ2v) is 4.07. The molecule has 96 valence electrons. The van der Waals surface area contributed by atoms with Gasteiger partial charge in [-0.15, -0.1) is 0 Å². The molecule has 4 N–H and O–H groups in total. The third-order valence-corrected chi connectivity index (χ3v) is 2.10. The zero-order valence-corrected chi connectivity index (χ0v) is 14.8. The molecule has 4 atom stereocenters. The summed E-state index contributed by atoms with van der Waals surface area (Å²) in [5.41, 5.74) is 0. The van der Waals surface area contributed by atoms with Crippen LogP contribution in [0.4, 0.5) is 0 Å². The summed E-state index contributed by atoms with van der Waals surface area (Å²) in [6.45, 7) is -1.09. The molecular formula is C6H11Na2O9P. The van der Waals surface area contributed by atoms with Crippen LogP contribution in [0.15, 0.2) is 0 Å². The fourth-order valence-electron chi connectivity index (χ4n) is 0.776. The molecule has 0 saturated carbocycles. The molecule has 0 aromatic heterocycles. The van der Waals surface area contributed by atoms with E-state index in [9.17, 15) is 19.1 Å². The molecule has 0 fully saturated rings. The van der Waals surface area contributed by atoms with Crippen LogP contribution < -0.4 is 68.9 Å². The SMILES string of the molecule is O=C[C@H](O)[C@H](O)[C@@H](O)[C@H](O)COP(=O)([O-])[O-].[Na+].[Na+]. The molecule has 0 spiro atoms. The Labute approximate surface area is 147 Å². The van der Waals surface area contributed by atoms with Gasteiger partial charge in [-0.1, -0.05) is 0 Å². The summed E-state index contributed by atoms with van der Waals surface area (Å²) in [5.74, 6) is 0. The van der Waals surface area contributed by atoms with E-state index in [0.717, 1.165) is 0 Å². The van der Waals surface area contributed by atoms with Gasteiger partial charge in [0.1, 0.15) is 24.4 Å². The second-order valence-electron chi connectivity index (χ2n) is 2.92. The van der Waals surface area contributed by atoms with Crippen molar-refractivity contribution in [2.45, 2.75) is 24.4 Å². The van der Waals surface area contributed by atoms with E-state index in [4.69, 9.17) is 20.4 Å². The van der Waals surface area contributed by atoms with Crippen LogP contribution in [0.3, 0.4) is 0 Å². The van der Waals surface area contributed by atoms with Crippen molar-refractivity contribution in [1.29, 1.82) is 0 Å². The quantitative estimate of drug-likeness (QED) is 0.202. The number of hydrogen-bond acceptors (Lipinski definition) is 9. The van der Waals surface area contributed by atoms with Gasteiger partial charge in [0.25, 0.3) is 0 Å². The van der Waals surface area contributed by atoms with E-state index >= 15 is 0 Å². The summed E-state index contributed by atoms with van der Waals surface area (Å²) in [6, 6.07) is 0. The van der Waals surface area contributed by atoms with E-state index in [-0.39, 0.29) is 65.4 Å². The minimum absolute atomic E-state index is 0. The minimum atomic E-state index is -5.30. The Hall–Kier alpha value is 1.62. The van der Waals surface area contributed by atoms with Gasteiger partial charge in [-0.25, -0.2) is 0 Å². The number of hydrogen-bond donors (Lipinski definition) is 4. The Balaban J connectivity index is -0.00000112. The predicted octanol–water partition coefficient (Wildman–Crippen LogP) is -10.5. The van der Waals surface area contributed by atoms with Gasteiger partial charge in [0.05, 0.1) is 14.4 Å². The van der Waals surface area contributed by atoms with Crippen molar-refractivity contribution in [3.05, 3.63) is 0 Å². The maximum absolute atomic E-state index is 10.0. The zero-order valence-electron chi connectivity index (χ0n) is 9.87. The number of phosphoric ester groups is 1. The van der Waals surface area contributed by atoms with Crippen LogP contribution in [0, 0.1) is 0 Å². The molecule has 0 aliphatic carbocycles. The summed E-state index contributed by atoms with van der Waals surface area (Å²) >= 11 is 0. The number of rotatable bonds is 7. The first kappa shape index (κ1) is 24.6. The fraction of sp³-hybridized carbons (Fsp3) is 0.833. The van der Waals surface area contributed by atoms with Gasteiger partial charge in [-0.05, 0) is 0 Å². The molecule has 0 aromatic rings. The van der Waals surface area contributed by atoms with Crippen LogP contribution in [0.2, 0.25) is 0 Å². The number of phosphoric acid groups is 1. The number of carbonyl (C=O) groups is 1. The number of aldehydes is 1. The molecule has 0 amide bonds. The largest absolute Gasteiger partial charge is 1.00 e. The molecule has 0 bridgehead atoms. The Morgan fingerprint density at radius 2 is 1.56 bits per heavy atom. The molecule has 0 heterocycles. The molecule has 12 heteroatoms. The Morgan fingerprint density at radius 1 is 1.11 bits per heavy atom. The first-order valence-corrected chi connectivity index (χ1v) is 5.49. The summed E-state index contributed by atoms with van der Waals surface area (Å²) < 4.78 is 13.6. The molecule has 0 aromatic carbocycles. The van der Waals surface area contributed by atoms with Crippen molar-refractivity contribution in [2.24, 2.45) is 0 Å². The van der Waals surface area contributed by atoms with Crippen LogP contribution in [0.25, 0.3) is 0 Å². The van der Waals surface area contributed by atoms with Crippen LogP contribution in [0.5, 0.6) is 0 Å². The molecule has 9 nitrogen and oxygen atoms in total. The minimum Gasteiger partial charge on any atom is -0.790 e. The fourth-order valence-corrected chi connectivity index (χ4v) is 1.11. The van der Waals surface area contributed by atoms with E-state index in [0.29, 0.717) is 0 Å². The van der Waals surface area contributed by atoms with E-state index in [1.165, 1.54) is 0 Å². The van der Waals surface area contributed by atoms with Gasteiger partial charge in [0, 0.05) is 0 Å². The molecule has 0 rings (SSSR count). The van der Waals surface area contributed by atoms with E-state index in [1.807, 2.05) is 0 Å². The normalized spacial score (nSPS) is 17.7. The first-order valence-electron chi connectivity index (χ1n) is 4.03. The molecule has 0 unspecified atom stereocenters. The third kappa shape index (κ3) is 10.4. The van der Waals surface area contributed by atoms with Crippen LogP contribution in [-0.2, 0) is 13.9 Å². The third-order valence-electron chi connectivity index (χ3n) is 1.64. The van der Waals surface area contributed by atoms with Gasteiger partial charge >= 0.3 is 59.1 Å². The molecule has 0 aliphatic rings. The van der Waals surface area contributed by atoms with E-state index in [1.54, 1.807) is 0 Å². The van der Waals surface area contributed by atoms with Gasteiger partial charge in [-0.3, -0.25) is 0 Å². The van der Waals surface area contributed by atoms with Gasteiger partial charge in [0.2, 0.25) is 0 Å². The Morgan fingerprint density at radius 3 is 1.89 bits per heavy atom. The topological polar surface area (TPSA) is 170 Å². The standard InChI is InChI=1S/C6H13O9P.2Na/c7-1-3(8)5(10)6(11)4(9)2-15-16(12,13)14;;/h1,3-6,8-11H,2H2,(H2,12,13,14);;/q;2*+1/p-2/t3-,4+,5-,6-;;/m0../s1. The van der Waals surface area contributed by atoms with Crippen LogP contribution in [-0.4, -0.2) is 57.7 Å². The average molecular weight is 304 g/mol. The number of carbonyl (C=O) groups excluding carboxylic acids is 1.